The van der Waals surface area contributed by atoms with Gasteiger partial charge in [-0.15, -0.1) is 0 Å². The number of nitrogens with zero attached hydrogens (tertiary/aromatic N) is 1. The van der Waals surface area contributed by atoms with Gasteiger partial charge in [-0.05, 0) is 31.6 Å². The molecule has 1 unspecified atom stereocenters. The smallest absolute Gasteiger partial charge is 0.409 e. The Hall–Kier alpha value is -0.730. The Kier molecular flexibility index (Phi) is 2.94. The van der Waals surface area contributed by atoms with E-state index in [-0.39, 0.29) is 6.09 Å². The maximum Gasteiger partial charge on any atom is 0.409 e. The lowest BCUT2D eigenvalue weighted by atomic mass is 9.96. The minimum atomic E-state index is -0.126. The number of ether oxygens (including phenoxy) is 1. The average molecular weight is 197 g/mol. The quantitative estimate of drug-likeness (QED) is 0.646. The van der Waals surface area contributed by atoms with Crippen molar-refractivity contribution in [1.82, 2.24) is 4.90 Å². The van der Waals surface area contributed by atoms with Crippen LogP contribution in [0.25, 0.3) is 0 Å². The topological polar surface area (TPSA) is 29.5 Å². The van der Waals surface area contributed by atoms with E-state index in [1.165, 1.54) is 39.2 Å². The standard InChI is InChI=1S/C11H19NO2/c1-14-11(13)12-8-4-7-10(12)9-5-2-3-6-9/h9-10H,2-8H2,1H3. The highest BCUT2D eigenvalue weighted by Crippen LogP contribution is 2.35. The largest absolute Gasteiger partial charge is 0.453 e. The third kappa shape index (κ3) is 1.72. The van der Waals surface area contributed by atoms with Gasteiger partial charge in [-0.3, -0.25) is 0 Å². The molecule has 1 amide bonds. The third-order valence-corrected chi connectivity index (χ3v) is 3.65. The molecule has 1 aliphatic heterocycles. The summed E-state index contributed by atoms with van der Waals surface area (Å²) >= 11 is 0. The number of carbonyl (C=O) groups excluding carboxylic acids is 1. The van der Waals surface area contributed by atoms with Gasteiger partial charge in [-0.25, -0.2) is 4.79 Å². The molecule has 80 valence electrons. The lowest BCUT2D eigenvalue weighted by Gasteiger charge is -2.28. The SMILES string of the molecule is COC(=O)N1CCCC1C1CCCC1. The Morgan fingerprint density at radius 3 is 2.57 bits per heavy atom. The monoisotopic (exact) mass is 197 g/mol. The van der Waals surface area contributed by atoms with Crippen molar-refractivity contribution >= 4 is 6.09 Å². The summed E-state index contributed by atoms with van der Waals surface area (Å²) in [6, 6.07) is 0.477. The zero-order valence-corrected chi connectivity index (χ0v) is 8.87. The molecule has 0 spiro atoms. The molecular weight excluding hydrogens is 178 g/mol. The molecule has 1 atom stereocenters. The second-order valence-electron chi connectivity index (χ2n) is 4.42. The van der Waals surface area contributed by atoms with Gasteiger partial charge in [0.2, 0.25) is 0 Å². The van der Waals surface area contributed by atoms with Crippen LogP contribution in [-0.2, 0) is 4.74 Å². The number of amides is 1. The van der Waals surface area contributed by atoms with E-state index in [0.717, 1.165) is 18.9 Å². The lowest BCUT2D eigenvalue weighted by molar-refractivity contribution is 0.106. The molecular formula is C11H19NO2. The van der Waals surface area contributed by atoms with E-state index in [2.05, 4.69) is 0 Å². The molecule has 2 rings (SSSR count). The fourth-order valence-electron chi connectivity index (χ4n) is 2.97. The van der Waals surface area contributed by atoms with Gasteiger partial charge in [-0.2, -0.15) is 0 Å². The first-order chi connectivity index (χ1) is 6.83. The summed E-state index contributed by atoms with van der Waals surface area (Å²) in [6.45, 7) is 0.897. The van der Waals surface area contributed by atoms with Gasteiger partial charge in [0, 0.05) is 12.6 Å². The number of methoxy groups -OCH3 is 1. The van der Waals surface area contributed by atoms with Crippen molar-refractivity contribution in [1.29, 1.82) is 0 Å². The number of hydrogen-bond donors (Lipinski definition) is 0. The van der Waals surface area contributed by atoms with Gasteiger partial charge >= 0.3 is 6.09 Å². The van der Waals surface area contributed by atoms with Crippen LogP contribution in [0.2, 0.25) is 0 Å². The highest BCUT2D eigenvalue weighted by molar-refractivity contribution is 5.68. The van der Waals surface area contributed by atoms with Crippen LogP contribution in [0, 0.1) is 5.92 Å². The van der Waals surface area contributed by atoms with E-state index in [0.29, 0.717) is 6.04 Å². The molecule has 0 aromatic heterocycles. The molecule has 0 aromatic rings. The first kappa shape index (κ1) is 9.81. The molecule has 0 aromatic carbocycles. The molecule has 2 fully saturated rings. The summed E-state index contributed by atoms with van der Waals surface area (Å²) in [6.07, 6.45) is 7.50. The molecule has 3 heteroatoms. The zero-order chi connectivity index (χ0) is 9.97. The second kappa shape index (κ2) is 4.20. The summed E-state index contributed by atoms with van der Waals surface area (Å²) in [7, 11) is 1.48. The van der Waals surface area contributed by atoms with E-state index in [9.17, 15) is 4.79 Å². The van der Waals surface area contributed by atoms with Gasteiger partial charge in [-0.1, -0.05) is 12.8 Å². The van der Waals surface area contributed by atoms with E-state index in [1.54, 1.807) is 0 Å². The van der Waals surface area contributed by atoms with Gasteiger partial charge in [0.05, 0.1) is 7.11 Å². The molecule has 1 saturated heterocycles. The fraction of sp³-hybridized carbons (Fsp3) is 0.909. The fourth-order valence-corrected chi connectivity index (χ4v) is 2.97. The number of hydrogen-bond acceptors (Lipinski definition) is 2. The van der Waals surface area contributed by atoms with Crippen LogP contribution in [0.5, 0.6) is 0 Å². The normalized spacial score (nSPS) is 28.4. The lowest BCUT2D eigenvalue weighted by Crippen LogP contribution is -2.39. The molecule has 1 aliphatic carbocycles. The predicted octanol–water partition coefficient (Wildman–Crippen LogP) is 2.41. The zero-order valence-electron chi connectivity index (χ0n) is 8.87. The van der Waals surface area contributed by atoms with Crippen LogP contribution in [0.3, 0.4) is 0 Å². The molecule has 0 bridgehead atoms. The van der Waals surface area contributed by atoms with Crippen LogP contribution in [-0.4, -0.2) is 30.7 Å². The highest BCUT2D eigenvalue weighted by atomic mass is 16.5. The third-order valence-electron chi connectivity index (χ3n) is 3.65. The molecule has 1 heterocycles. The molecule has 3 nitrogen and oxygen atoms in total. The first-order valence-corrected chi connectivity index (χ1v) is 5.67. The summed E-state index contributed by atoms with van der Waals surface area (Å²) < 4.78 is 4.81. The average Bonchev–Trinajstić information content (AvgIpc) is 2.85. The van der Waals surface area contributed by atoms with Crippen LogP contribution in [0.4, 0.5) is 4.79 Å². The molecule has 0 N–H and O–H groups in total. The van der Waals surface area contributed by atoms with Gasteiger partial charge < -0.3 is 9.64 Å². The van der Waals surface area contributed by atoms with Gasteiger partial charge in [0.25, 0.3) is 0 Å². The van der Waals surface area contributed by atoms with E-state index in [4.69, 9.17) is 4.74 Å². The maximum absolute atomic E-state index is 11.5. The number of likely N-dealkylation sites (tertiary alicyclic amines) is 1. The summed E-state index contributed by atoms with van der Waals surface area (Å²) in [5.74, 6) is 0.747. The number of rotatable bonds is 1. The predicted molar refractivity (Wildman–Crippen MR) is 54.1 cm³/mol. The van der Waals surface area contributed by atoms with Crippen LogP contribution in [0.15, 0.2) is 0 Å². The van der Waals surface area contributed by atoms with E-state index < -0.39 is 0 Å². The van der Waals surface area contributed by atoms with Crippen molar-refractivity contribution in [2.75, 3.05) is 13.7 Å². The molecule has 0 radical (unpaired) electrons. The van der Waals surface area contributed by atoms with Crippen LogP contribution >= 0.6 is 0 Å². The van der Waals surface area contributed by atoms with Crippen molar-refractivity contribution in [2.24, 2.45) is 5.92 Å². The second-order valence-corrected chi connectivity index (χ2v) is 4.42. The Morgan fingerprint density at radius 1 is 1.21 bits per heavy atom. The Bertz CT molecular complexity index is 211. The molecule has 2 aliphatic rings. The molecule has 14 heavy (non-hydrogen) atoms. The van der Waals surface area contributed by atoms with Gasteiger partial charge in [0.1, 0.15) is 0 Å². The van der Waals surface area contributed by atoms with Crippen molar-refractivity contribution in [3.8, 4) is 0 Å². The van der Waals surface area contributed by atoms with Crippen molar-refractivity contribution in [3.05, 3.63) is 0 Å². The van der Waals surface area contributed by atoms with Crippen LogP contribution < -0.4 is 0 Å². The summed E-state index contributed by atoms with van der Waals surface area (Å²) in [5, 5.41) is 0. The van der Waals surface area contributed by atoms with E-state index in [1.807, 2.05) is 4.90 Å². The van der Waals surface area contributed by atoms with Gasteiger partial charge in [0.15, 0.2) is 0 Å². The molecule has 1 saturated carbocycles. The van der Waals surface area contributed by atoms with Crippen molar-refractivity contribution in [3.63, 3.8) is 0 Å². The Morgan fingerprint density at radius 2 is 1.93 bits per heavy atom. The summed E-state index contributed by atoms with van der Waals surface area (Å²) in [5.41, 5.74) is 0. The first-order valence-electron chi connectivity index (χ1n) is 5.67. The Labute approximate surface area is 85.4 Å². The minimum absolute atomic E-state index is 0.126. The number of carbonyl (C=O) groups is 1. The van der Waals surface area contributed by atoms with Crippen molar-refractivity contribution in [2.45, 2.75) is 44.6 Å². The summed E-state index contributed by atoms with van der Waals surface area (Å²) in [4.78, 5) is 13.4. The van der Waals surface area contributed by atoms with Crippen molar-refractivity contribution < 1.29 is 9.53 Å². The van der Waals surface area contributed by atoms with Crippen LogP contribution in [0.1, 0.15) is 38.5 Å². The minimum Gasteiger partial charge on any atom is -0.453 e. The van der Waals surface area contributed by atoms with E-state index >= 15 is 0 Å². The highest BCUT2D eigenvalue weighted by Gasteiger charge is 2.36. The maximum atomic E-state index is 11.5. The Balaban J connectivity index is 1.98.